The van der Waals surface area contributed by atoms with Crippen LogP contribution in [0.25, 0.3) is 28.3 Å². The van der Waals surface area contributed by atoms with Gasteiger partial charge in [-0.2, -0.15) is 0 Å². The van der Waals surface area contributed by atoms with Crippen molar-refractivity contribution in [3.63, 3.8) is 0 Å². The molecule has 0 aromatic heterocycles. The molecule has 0 saturated carbocycles. The average molecular weight is 618 g/mol. The molecule has 0 aliphatic heterocycles. The molecule has 2 atom stereocenters. The fourth-order valence-corrected chi connectivity index (χ4v) is 7.41. The first-order valence-electron chi connectivity index (χ1n) is 13.2. The molecule has 4 aromatic rings. The number of fused-ring (bicyclic) bond motifs is 4. The summed E-state index contributed by atoms with van der Waals surface area (Å²) in [4.78, 5) is 0. The second-order valence-corrected chi connectivity index (χ2v) is 12.9. The molecule has 0 N–H and O–H groups in total. The van der Waals surface area contributed by atoms with E-state index in [1.807, 2.05) is 0 Å². The number of hydrogen-bond donors (Lipinski definition) is 0. The van der Waals surface area contributed by atoms with E-state index >= 15 is 0 Å². The smallest absolute Gasteiger partial charge is 0.147 e. The monoisotopic (exact) mass is 615 g/mol. The van der Waals surface area contributed by atoms with Gasteiger partial charge in [-0.3, -0.25) is 0 Å². The van der Waals surface area contributed by atoms with Gasteiger partial charge in [0.15, 0.2) is 0 Å². The number of halogens is 2. The van der Waals surface area contributed by atoms with Crippen molar-refractivity contribution < 1.29 is 24.7 Å². The summed E-state index contributed by atoms with van der Waals surface area (Å²) in [7, 11) is 0. The van der Waals surface area contributed by atoms with Gasteiger partial charge < -0.3 is 0 Å². The van der Waals surface area contributed by atoms with Gasteiger partial charge in [0, 0.05) is 0 Å². The van der Waals surface area contributed by atoms with Gasteiger partial charge in [0.25, 0.3) is 0 Å². The van der Waals surface area contributed by atoms with Gasteiger partial charge in [-0.05, 0) is 11.0 Å². The van der Waals surface area contributed by atoms with Crippen LogP contribution < -0.4 is 3.27 Å². The maximum atomic E-state index is 2.46. The van der Waals surface area contributed by atoms with E-state index in [0.717, 1.165) is 0 Å². The summed E-state index contributed by atoms with van der Waals surface area (Å²) < 4.78 is 1.51. The van der Waals surface area contributed by atoms with E-state index in [2.05, 4.69) is 119 Å². The summed E-state index contributed by atoms with van der Waals surface area (Å²) in [6.07, 6.45) is 4.83. The first kappa shape index (κ1) is 29.1. The minimum atomic E-state index is 0. The molecule has 38 heavy (non-hydrogen) atoms. The Labute approximate surface area is 255 Å². The maximum absolute atomic E-state index is 2.46. The minimum absolute atomic E-state index is 0. The first-order chi connectivity index (χ1) is 17.3. The van der Waals surface area contributed by atoms with Gasteiger partial charge in [0.05, 0.1) is 0 Å². The standard InChI is InChI=1S/C35H33.2ClH.Zr/c1-23-22-34-27(24-16-18-25(19-17-24)35(2,3)4)14-9-15-28(34)26(23)20-21-33-31-12-7-5-10-29(31)30-11-6-8-13-32(30)33;;;/h5-12,14-19,22,26,33H,20-21H2,1-4H3;2*1H;. The molecule has 0 spiro atoms. The second kappa shape index (κ2) is 11.3. The molecule has 0 saturated heterocycles. The molecular weight excluding hydrogens is 583 g/mol. The van der Waals surface area contributed by atoms with Crippen molar-refractivity contribution in [1.82, 2.24) is 0 Å². The topological polar surface area (TPSA) is 0 Å². The zero-order valence-corrected chi connectivity index (χ0v) is 26.6. The molecule has 0 fully saturated rings. The van der Waals surface area contributed by atoms with Crippen LogP contribution >= 0.6 is 24.8 Å². The normalized spacial score (nSPS) is 17.0. The summed E-state index contributed by atoms with van der Waals surface area (Å²) in [6.45, 7) is 9.18. The average Bonchev–Trinajstić information content (AvgIpc) is 3.37. The summed E-state index contributed by atoms with van der Waals surface area (Å²) in [5.74, 6) is 1.01. The number of rotatable bonds is 4. The third-order valence-electron chi connectivity index (χ3n) is 8.32. The quantitative estimate of drug-likeness (QED) is 0.214. The molecule has 2 unspecified atom stereocenters. The van der Waals surface area contributed by atoms with Crippen LogP contribution in [-0.4, -0.2) is 0 Å². The van der Waals surface area contributed by atoms with Crippen LogP contribution in [0.5, 0.6) is 0 Å². The van der Waals surface area contributed by atoms with Gasteiger partial charge in [0.1, 0.15) is 0 Å². The van der Waals surface area contributed by atoms with E-state index in [-0.39, 0.29) is 30.2 Å². The predicted octanol–water partition coefficient (Wildman–Crippen LogP) is 9.76. The molecule has 0 nitrogen and oxygen atoms in total. The van der Waals surface area contributed by atoms with Crippen molar-refractivity contribution >= 4 is 34.2 Å². The Balaban J connectivity index is 0.00000168. The molecular formula is C35H35Cl2Zr. The van der Waals surface area contributed by atoms with E-state index in [1.165, 1.54) is 90.9 Å². The Morgan fingerprint density at radius 2 is 1.26 bits per heavy atom. The summed E-state index contributed by atoms with van der Waals surface area (Å²) >= 11 is 1.52. The van der Waals surface area contributed by atoms with Crippen molar-refractivity contribution in [3.8, 4) is 22.3 Å². The van der Waals surface area contributed by atoms with Gasteiger partial charge >= 0.3 is 201 Å². The number of hydrogen-bond acceptors (Lipinski definition) is 0. The van der Waals surface area contributed by atoms with E-state index in [9.17, 15) is 0 Å². The Morgan fingerprint density at radius 1 is 0.658 bits per heavy atom. The molecule has 2 aliphatic rings. The molecule has 193 valence electrons. The van der Waals surface area contributed by atoms with Gasteiger partial charge in [0.2, 0.25) is 0 Å². The van der Waals surface area contributed by atoms with Crippen molar-refractivity contribution in [2.45, 2.75) is 57.8 Å². The van der Waals surface area contributed by atoms with Crippen LogP contribution in [0.4, 0.5) is 0 Å². The Bertz CT molecular complexity index is 1490. The van der Waals surface area contributed by atoms with Crippen molar-refractivity contribution in [2.75, 3.05) is 0 Å². The van der Waals surface area contributed by atoms with Crippen molar-refractivity contribution in [3.05, 3.63) is 118 Å². The second-order valence-electron chi connectivity index (χ2n) is 11.6. The molecule has 0 heterocycles. The zero-order valence-electron chi connectivity index (χ0n) is 22.5. The third kappa shape index (κ3) is 5.03. The summed E-state index contributed by atoms with van der Waals surface area (Å²) in [6, 6.07) is 32.1. The molecule has 0 radical (unpaired) electrons. The Morgan fingerprint density at radius 3 is 2.00 bits per heavy atom. The predicted molar refractivity (Wildman–Crippen MR) is 164 cm³/mol. The molecule has 3 heteroatoms. The van der Waals surface area contributed by atoms with Crippen molar-refractivity contribution in [1.29, 1.82) is 0 Å². The fraction of sp³-hybridized carbons (Fsp3) is 0.257. The SMILES string of the molecule is CC1=Cc2c(-c3ccc(C(C)(C)C)cc3)cccc2C1CCC1c2ccccc2-c2ccc[c]([Zr])c21.Cl.Cl. The first-order valence-corrected chi connectivity index (χ1v) is 14.4. The van der Waals surface area contributed by atoms with Gasteiger partial charge in [-0.15, -0.1) is 24.8 Å². The van der Waals surface area contributed by atoms with E-state index in [4.69, 9.17) is 0 Å². The van der Waals surface area contributed by atoms with E-state index in [1.54, 1.807) is 5.56 Å². The number of allylic oxidation sites excluding steroid dienone is 1. The van der Waals surface area contributed by atoms with Gasteiger partial charge in [-0.25, -0.2) is 0 Å². The molecule has 6 rings (SSSR count). The minimum Gasteiger partial charge on any atom is -0.147 e. The van der Waals surface area contributed by atoms with Crippen LogP contribution in [0.1, 0.15) is 80.2 Å². The Hall–Kier alpha value is -1.92. The van der Waals surface area contributed by atoms with Crippen LogP contribution in [0.2, 0.25) is 0 Å². The summed E-state index contributed by atoms with van der Waals surface area (Å²) in [5, 5.41) is 0. The van der Waals surface area contributed by atoms with Crippen molar-refractivity contribution in [2.24, 2.45) is 0 Å². The maximum Gasteiger partial charge on any atom is -0.147 e. The zero-order chi connectivity index (χ0) is 25.0. The third-order valence-corrected chi connectivity index (χ3v) is 9.40. The summed E-state index contributed by atoms with van der Waals surface area (Å²) in [5.41, 5.74) is 14.7. The van der Waals surface area contributed by atoms with E-state index < -0.39 is 0 Å². The van der Waals surface area contributed by atoms with E-state index in [0.29, 0.717) is 11.8 Å². The molecule has 2 aliphatic carbocycles. The van der Waals surface area contributed by atoms with Gasteiger partial charge in [-0.1, -0.05) is 20.8 Å². The van der Waals surface area contributed by atoms with Crippen LogP contribution in [0, 0.1) is 0 Å². The molecule has 0 amide bonds. The fourth-order valence-electron chi connectivity index (χ4n) is 6.42. The molecule has 0 bridgehead atoms. The van der Waals surface area contributed by atoms with Crippen LogP contribution in [0.15, 0.2) is 90.5 Å². The number of benzene rings is 4. The molecule has 4 aromatic carbocycles. The van der Waals surface area contributed by atoms with Crippen LogP contribution in [-0.2, 0) is 30.1 Å². The largest absolute Gasteiger partial charge is 0.147 e. The Kier molecular flexibility index (Phi) is 8.64. The van der Waals surface area contributed by atoms with Crippen LogP contribution in [0.3, 0.4) is 0 Å².